The van der Waals surface area contributed by atoms with Crippen molar-refractivity contribution in [1.82, 2.24) is 0 Å². The maximum atomic E-state index is 11.4. The van der Waals surface area contributed by atoms with Crippen molar-refractivity contribution in [2.45, 2.75) is 43.4 Å². The molecule has 0 unspecified atom stereocenters. The third kappa shape index (κ3) is 3.25. The number of ether oxygens (including phenoxy) is 3. The van der Waals surface area contributed by atoms with Crippen molar-refractivity contribution in [1.29, 1.82) is 0 Å². The van der Waals surface area contributed by atoms with E-state index in [0.29, 0.717) is 12.0 Å². The second-order valence-electron chi connectivity index (χ2n) is 6.52. The van der Waals surface area contributed by atoms with Crippen molar-refractivity contribution >= 4 is 5.97 Å². The lowest BCUT2D eigenvalue weighted by molar-refractivity contribution is -0.339. The number of aliphatic hydroxyl groups is 5. The molecule has 3 aliphatic rings. The first-order valence-electron chi connectivity index (χ1n) is 8.23. The predicted octanol–water partition coefficient (Wildman–Crippen LogP) is -2.32. The van der Waals surface area contributed by atoms with Crippen molar-refractivity contribution in [3.8, 4) is 0 Å². The fourth-order valence-corrected chi connectivity index (χ4v) is 3.62. The van der Waals surface area contributed by atoms with Crippen LogP contribution in [0.15, 0.2) is 23.5 Å². The Kier molecular flexibility index (Phi) is 5.63. The van der Waals surface area contributed by atoms with Gasteiger partial charge in [0.15, 0.2) is 6.29 Å². The van der Waals surface area contributed by atoms with E-state index in [1.165, 1.54) is 0 Å². The number of carboxylic acids is 1. The summed E-state index contributed by atoms with van der Waals surface area (Å²) in [5.41, 5.74) is 0.583. The summed E-state index contributed by atoms with van der Waals surface area (Å²) in [6.07, 6.45) is -5.21. The van der Waals surface area contributed by atoms with Gasteiger partial charge in [0.25, 0.3) is 0 Å². The van der Waals surface area contributed by atoms with E-state index in [-0.39, 0.29) is 12.2 Å². The van der Waals surface area contributed by atoms with Gasteiger partial charge >= 0.3 is 5.97 Å². The Bertz CT molecular complexity index is 600. The molecule has 6 N–H and O–H groups in total. The molecule has 1 aliphatic carbocycles. The maximum Gasteiger partial charge on any atom is 0.335 e. The first kappa shape index (κ1) is 19.2. The molecule has 0 saturated carbocycles. The Hall–Kier alpha value is -1.53. The molecule has 0 bridgehead atoms. The van der Waals surface area contributed by atoms with Gasteiger partial charge in [-0.3, -0.25) is 0 Å². The fraction of sp³-hybridized carbons (Fsp3) is 0.688. The molecule has 0 radical (unpaired) electrons. The molecule has 2 heterocycles. The summed E-state index contributed by atoms with van der Waals surface area (Å²) in [5.74, 6) is -2.22. The second-order valence-corrected chi connectivity index (χ2v) is 6.52. The molecule has 1 fully saturated rings. The van der Waals surface area contributed by atoms with Gasteiger partial charge in [0.05, 0.1) is 31.0 Å². The lowest BCUT2D eigenvalue weighted by atomic mass is 9.83. The smallest absolute Gasteiger partial charge is 0.335 e. The number of fused-ring (bicyclic) bond motifs is 1. The minimum atomic E-state index is -1.61. The molecule has 10 nitrogen and oxygen atoms in total. The van der Waals surface area contributed by atoms with Crippen LogP contribution in [0.5, 0.6) is 0 Å². The first-order chi connectivity index (χ1) is 12.4. The third-order valence-corrected chi connectivity index (χ3v) is 5.06. The standard InChI is InChI=1S/C16H22O10/c17-3-6-1-2-7-8(14(22)23)5-24-15(10(6)7)26-16-13(21)12(20)11(19)9(4-18)25-16/h1,5,7,9-13,15-21H,2-4H2,(H,22,23)/t7-,9-,10-,11+,12+,13-,15+,16+/m1/s1. The number of allylic oxidation sites excluding steroid dienone is 1. The summed E-state index contributed by atoms with van der Waals surface area (Å²) in [6, 6.07) is 0. The average Bonchev–Trinajstić information content (AvgIpc) is 3.06. The molecule has 1 saturated heterocycles. The zero-order valence-corrected chi connectivity index (χ0v) is 13.7. The molecule has 0 spiro atoms. The lowest BCUT2D eigenvalue weighted by Crippen LogP contribution is -2.60. The summed E-state index contributed by atoms with van der Waals surface area (Å²) in [6.45, 7) is -0.917. The van der Waals surface area contributed by atoms with Crippen LogP contribution in [0.4, 0.5) is 0 Å². The van der Waals surface area contributed by atoms with Crippen LogP contribution in [0.25, 0.3) is 0 Å². The largest absolute Gasteiger partial charge is 0.478 e. The molecule has 2 aliphatic heterocycles. The van der Waals surface area contributed by atoms with Crippen LogP contribution < -0.4 is 0 Å². The van der Waals surface area contributed by atoms with Gasteiger partial charge in [0, 0.05) is 5.92 Å². The monoisotopic (exact) mass is 374 g/mol. The molecule has 0 amide bonds. The van der Waals surface area contributed by atoms with E-state index in [9.17, 15) is 35.4 Å². The summed E-state index contributed by atoms with van der Waals surface area (Å²) >= 11 is 0. The number of rotatable bonds is 5. The molecule has 3 rings (SSSR count). The Morgan fingerprint density at radius 1 is 1.15 bits per heavy atom. The van der Waals surface area contributed by atoms with Gasteiger partial charge in [-0.1, -0.05) is 6.08 Å². The van der Waals surface area contributed by atoms with E-state index in [2.05, 4.69) is 0 Å². The zero-order chi connectivity index (χ0) is 19.0. The Morgan fingerprint density at radius 2 is 1.88 bits per heavy atom. The molecule has 0 aromatic rings. The van der Waals surface area contributed by atoms with Gasteiger partial charge in [0.2, 0.25) is 6.29 Å². The van der Waals surface area contributed by atoms with Crippen molar-refractivity contribution in [2.24, 2.45) is 11.8 Å². The van der Waals surface area contributed by atoms with E-state index in [1.54, 1.807) is 6.08 Å². The molecular formula is C16H22O10. The van der Waals surface area contributed by atoms with E-state index in [0.717, 1.165) is 6.26 Å². The van der Waals surface area contributed by atoms with Crippen LogP contribution in [0.1, 0.15) is 6.42 Å². The SMILES string of the molecule is O=C(O)C1=CO[C@@H](O[C@@H]2O[C@H](CO)[C@H](O)[C@H](O)[C@H]2O)[C@@H]2C(CO)=CC[C@H]12. The molecular weight excluding hydrogens is 352 g/mol. The topological polar surface area (TPSA) is 166 Å². The van der Waals surface area contributed by atoms with Gasteiger partial charge in [-0.2, -0.15) is 0 Å². The molecule has 0 aromatic heterocycles. The lowest BCUT2D eigenvalue weighted by Gasteiger charge is -2.42. The summed E-state index contributed by atoms with van der Waals surface area (Å²) < 4.78 is 16.3. The average molecular weight is 374 g/mol. The third-order valence-electron chi connectivity index (χ3n) is 5.06. The highest BCUT2D eigenvalue weighted by Crippen LogP contribution is 2.44. The number of carbonyl (C=O) groups is 1. The summed E-state index contributed by atoms with van der Waals surface area (Å²) in [4.78, 5) is 11.4. The number of aliphatic hydroxyl groups excluding tert-OH is 5. The second kappa shape index (κ2) is 7.61. The number of carboxylic acid groups (broad SMARTS) is 1. The zero-order valence-electron chi connectivity index (χ0n) is 13.7. The van der Waals surface area contributed by atoms with Gasteiger partial charge in [-0.15, -0.1) is 0 Å². The van der Waals surface area contributed by atoms with Crippen LogP contribution in [0, 0.1) is 11.8 Å². The quantitative estimate of drug-likeness (QED) is 0.288. The van der Waals surface area contributed by atoms with Crippen LogP contribution in [-0.2, 0) is 19.0 Å². The van der Waals surface area contributed by atoms with Crippen LogP contribution in [-0.4, -0.2) is 86.8 Å². The van der Waals surface area contributed by atoms with Crippen molar-refractivity contribution in [3.05, 3.63) is 23.5 Å². The summed E-state index contributed by atoms with van der Waals surface area (Å²) in [5, 5.41) is 57.8. The van der Waals surface area contributed by atoms with Crippen LogP contribution in [0.2, 0.25) is 0 Å². The van der Waals surface area contributed by atoms with Gasteiger partial charge < -0.3 is 44.8 Å². The predicted molar refractivity (Wildman–Crippen MR) is 82.2 cm³/mol. The van der Waals surface area contributed by atoms with Crippen molar-refractivity contribution in [3.63, 3.8) is 0 Å². The van der Waals surface area contributed by atoms with Crippen molar-refractivity contribution < 1.29 is 49.6 Å². The van der Waals surface area contributed by atoms with Gasteiger partial charge in [-0.05, 0) is 12.0 Å². The van der Waals surface area contributed by atoms with E-state index in [4.69, 9.17) is 14.2 Å². The van der Waals surface area contributed by atoms with E-state index in [1.807, 2.05) is 0 Å². The first-order valence-corrected chi connectivity index (χ1v) is 8.23. The number of aliphatic carboxylic acids is 1. The highest BCUT2D eigenvalue weighted by atomic mass is 16.8. The molecule has 0 aromatic carbocycles. The highest BCUT2D eigenvalue weighted by Gasteiger charge is 2.49. The van der Waals surface area contributed by atoms with Crippen LogP contribution in [0.3, 0.4) is 0 Å². The molecule has 146 valence electrons. The molecule has 10 heteroatoms. The summed E-state index contributed by atoms with van der Waals surface area (Å²) in [7, 11) is 0. The highest BCUT2D eigenvalue weighted by molar-refractivity contribution is 5.87. The minimum Gasteiger partial charge on any atom is -0.478 e. The molecule has 8 atom stereocenters. The normalized spacial score (nSPS) is 42.5. The molecule has 26 heavy (non-hydrogen) atoms. The number of hydrogen-bond acceptors (Lipinski definition) is 9. The van der Waals surface area contributed by atoms with E-state index < -0.39 is 61.4 Å². The minimum absolute atomic E-state index is 0.0448. The van der Waals surface area contributed by atoms with Crippen LogP contribution >= 0.6 is 0 Å². The Balaban J connectivity index is 1.80. The van der Waals surface area contributed by atoms with Crippen molar-refractivity contribution in [2.75, 3.05) is 13.2 Å². The van der Waals surface area contributed by atoms with E-state index >= 15 is 0 Å². The van der Waals surface area contributed by atoms with Gasteiger partial charge in [0.1, 0.15) is 24.4 Å². The Labute approximate surface area is 148 Å². The maximum absolute atomic E-state index is 11.4. The number of hydrogen-bond donors (Lipinski definition) is 6. The van der Waals surface area contributed by atoms with Gasteiger partial charge in [-0.25, -0.2) is 4.79 Å². The fourth-order valence-electron chi connectivity index (χ4n) is 3.62. The Morgan fingerprint density at radius 3 is 2.50 bits per heavy atom.